The van der Waals surface area contributed by atoms with Gasteiger partial charge in [-0.25, -0.2) is 10.6 Å². The van der Waals surface area contributed by atoms with Crippen LogP contribution in [0, 0.1) is 16.0 Å². The molecule has 4 N–H and O–H groups in total. The minimum absolute atomic E-state index is 0.856. The first-order valence-corrected chi connectivity index (χ1v) is 4.21. The quantitative estimate of drug-likeness (QED) is 0.240. The van der Waals surface area contributed by atoms with Crippen LogP contribution in [0.5, 0.6) is 0 Å². The minimum atomic E-state index is -2.50. The van der Waals surface area contributed by atoms with E-state index in [1.165, 1.54) is 12.2 Å². The Kier molecular flexibility index (Phi) is 3.04. The lowest BCUT2D eigenvalue weighted by Gasteiger charge is -2.25. The van der Waals surface area contributed by atoms with Gasteiger partial charge in [-0.1, -0.05) is 18.2 Å². The number of nitrogens with zero attached hydrogens (tertiary/aromatic N) is 1. The molecule has 86 valence electrons. The van der Waals surface area contributed by atoms with Gasteiger partial charge in [0.2, 0.25) is 5.91 Å². The van der Waals surface area contributed by atoms with Gasteiger partial charge in [0.1, 0.15) is 5.92 Å². The number of amides is 1. The highest BCUT2D eigenvalue weighted by Gasteiger charge is 2.58. The van der Waals surface area contributed by atoms with Crippen LogP contribution in [0.25, 0.3) is 0 Å². The number of carbonyl (C=O) groups excluding carboxylic acids is 1. The molecule has 0 heterocycles. The monoisotopic (exact) mass is 227 g/mol. The lowest BCUT2D eigenvalue weighted by Crippen LogP contribution is -2.57. The molecule has 0 aromatic heterocycles. The predicted octanol–water partition coefficient (Wildman–Crippen LogP) is -1.18. The third kappa shape index (κ3) is 1.54. The molecule has 2 atom stereocenters. The molecule has 0 fully saturated rings. The van der Waals surface area contributed by atoms with Crippen molar-refractivity contribution in [2.24, 2.45) is 11.8 Å². The Morgan fingerprint density at radius 3 is 2.56 bits per heavy atom. The van der Waals surface area contributed by atoms with Gasteiger partial charge in [-0.2, -0.15) is 0 Å². The lowest BCUT2D eigenvalue weighted by molar-refractivity contribution is -0.546. The first-order chi connectivity index (χ1) is 7.46. The van der Waals surface area contributed by atoms with Crippen molar-refractivity contribution >= 4 is 11.9 Å². The van der Waals surface area contributed by atoms with Gasteiger partial charge in [0.25, 0.3) is 0 Å². The number of hydrogen-bond donors (Lipinski definition) is 3. The molecule has 2 unspecified atom stereocenters. The molecular weight excluding hydrogens is 218 g/mol. The van der Waals surface area contributed by atoms with Crippen LogP contribution in [0.4, 0.5) is 0 Å². The van der Waals surface area contributed by atoms with E-state index in [2.05, 4.69) is 0 Å². The average Bonchev–Trinajstić information content (AvgIpc) is 2.27. The Hall–Kier alpha value is -2.22. The van der Waals surface area contributed by atoms with E-state index in [-0.39, 0.29) is 0 Å². The Morgan fingerprint density at radius 2 is 2.12 bits per heavy atom. The maximum absolute atomic E-state index is 11.3. The number of carbonyl (C=O) groups is 2. The SMILES string of the molecule is NNC(=O)C1C=CC=CC1(C(=O)O)[N+](=O)[O-]. The van der Waals surface area contributed by atoms with Crippen LogP contribution < -0.4 is 11.3 Å². The van der Waals surface area contributed by atoms with E-state index >= 15 is 0 Å². The van der Waals surface area contributed by atoms with E-state index in [9.17, 15) is 19.7 Å². The van der Waals surface area contributed by atoms with Gasteiger partial charge in [0.05, 0.1) is 0 Å². The molecule has 1 amide bonds. The fourth-order valence-corrected chi connectivity index (χ4v) is 1.46. The van der Waals surface area contributed by atoms with Crippen molar-refractivity contribution in [2.75, 3.05) is 0 Å². The maximum Gasteiger partial charge on any atom is 0.387 e. The van der Waals surface area contributed by atoms with Gasteiger partial charge in [0.15, 0.2) is 0 Å². The van der Waals surface area contributed by atoms with Gasteiger partial charge < -0.3 is 5.11 Å². The van der Waals surface area contributed by atoms with Crippen molar-refractivity contribution in [3.05, 3.63) is 34.4 Å². The van der Waals surface area contributed by atoms with Crippen molar-refractivity contribution in [3.8, 4) is 0 Å². The molecule has 8 heteroatoms. The standard InChI is InChI=1S/C8H9N3O5/c9-10-6(12)5-3-1-2-4-8(5,7(13)14)11(15)16/h1-5H,9H2,(H,10,12)(H,13,14). The van der Waals surface area contributed by atoms with Crippen LogP contribution in [0.1, 0.15) is 0 Å². The van der Waals surface area contributed by atoms with E-state index in [0.29, 0.717) is 0 Å². The summed E-state index contributed by atoms with van der Waals surface area (Å²) in [6, 6.07) is 0. The second-order valence-electron chi connectivity index (χ2n) is 3.12. The Bertz CT molecular complexity index is 386. The van der Waals surface area contributed by atoms with E-state index in [4.69, 9.17) is 10.9 Å². The molecule has 0 saturated heterocycles. The summed E-state index contributed by atoms with van der Waals surface area (Å²) in [5.74, 6) is 0.728. The fraction of sp³-hybridized carbons (Fsp3) is 0.250. The summed E-state index contributed by atoms with van der Waals surface area (Å²) in [5, 5.41) is 19.8. The first-order valence-electron chi connectivity index (χ1n) is 4.21. The van der Waals surface area contributed by atoms with Gasteiger partial charge in [-0.05, 0) is 0 Å². The van der Waals surface area contributed by atoms with Crippen LogP contribution in [0.15, 0.2) is 24.3 Å². The van der Waals surface area contributed by atoms with E-state index in [0.717, 1.165) is 12.2 Å². The van der Waals surface area contributed by atoms with Gasteiger partial charge in [-0.3, -0.25) is 20.3 Å². The fourth-order valence-electron chi connectivity index (χ4n) is 1.46. The Balaban J connectivity index is 3.29. The summed E-state index contributed by atoms with van der Waals surface area (Å²) in [4.78, 5) is 32.2. The number of nitrogens with one attached hydrogen (secondary N) is 1. The third-order valence-electron chi connectivity index (χ3n) is 2.31. The van der Waals surface area contributed by atoms with Crippen LogP contribution >= 0.6 is 0 Å². The van der Waals surface area contributed by atoms with Crippen molar-refractivity contribution in [2.45, 2.75) is 5.54 Å². The molecular formula is C8H9N3O5. The van der Waals surface area contributed by atoms with E-state index in [1.54, 1.807) is 5.43 Å². The molecule has 0 saturated carbocycles. The minimum Gasteiger partial charge on any atom is -0.476 e. The van der Waals surface area contributed by atoms with E-state index in [1.807, 2.05) is 0 Å². The Labute approximate surface area is 89.5 Å². The predicted molar refractivity (Wildman–Crippen MR) is 51.5 cm³/mol. The summed E-state index contributed by atoms with van der Waals surface area (Å²) in [6.07, 6.45) is 4.54. The first kappa shape index (κ1) is 11.9. The van der Waals surface area contributed by atoms with Gasteiger partial charge in [-0.15, -0.1) is 0 Å². The van der Waals surface area contributed by atoms with Crippen LogP contribution in [0.3, 0.4) is 0 Å². The molecule has 0 aliphatic heterocycles. The lowest BCUT2D eigenvalue weighted by atomic mass is 9.80. The smallest absolute Gasteiger partial charge is 0.387 e. The topological polar surface area (TPSA) is 136 Å². The van der Waals surface area contributed by atoms with Crippen LogP contribution in [-0.4, -0.2) is 27.4 Å². The second-order valence-corrected chi connectivity index (χ2v) is 3.12. The molecule has 1 rings (SSSR count). The molecule has 0 aromatic rings. The molecule has 0 radical (unpaired) electrons. The summed E-state index contributed by atoms with van der Waals surface area (Å²) in [7, 11) is 0. The van der Waals surface area contributed by atoms with Crippen molar-refractivity contribution < 1.29 is 19.6 Å². The number of carboxylic acid groups (broad SMARTS) is 1. The van der Waals surface area contributed by atoms with E-state index < -0.39 is 28.3 Å². The van der Waals surface area contributed by atoms with Gasteiger partial charge in [0, 0.05) is 11.0 Å². The van der Waals surface area contributed by atoms with Crippen molar-refractivity contribution in [1.29, 1.82) is 0 Å². The zero-order valence-corrected chi connectivity index (χ0v) is 7.99. The molecule has 1 aliphatic rings. The highest BCUT2D eigenvalue weighted by atomic mass is 16.6. The average molecular weight is 227 g/mol. The van der Waals surface area contributed by atoms with Crippen LogP contribution in [0.2, 0.25) is 0 Å². The summed E-state index contributed by atoms with van der Waals surface area (Å²) in [5.41, 5.74) is -0.794. The molecule has 16 heavy (non-hydrogen) atoms. The largest absolute Gasteiger partial charge is 0.476 e. The highest BCUT2D eigenvalue weighted by Crippen LogP contribution is 2.28. The molecule has 0 bridgehead atoms. The number of carboxylic acids is 1. The molecule has 0 spiro atoms. The zero-order chi connectivity index (χ0) is 12.3. The molecule has 0 aromatic carbocycles. The number of rotatable bonds is 3. The summed E-state index contributed by atoms with van der Waals surface area (Å²) >= 11 is 0. The van der Waals surface area contributed by atoms with Gasteiger partial charge >= 0.3 is 11.5 Å². The van der Waals surface area contributed by atoms with Crippen molar-refractivity contribution in [1.82, 2.24) is 5.43 Å². The normalized spacial score (nSPS) is 27.4. The number of hydrazine groups is 1. The number of nitrogens with two attached hydrogens (primary N) is 1. The third-order valence-corrected chi connectivity index (χ3v) is 2.31. The molecule has 1 aliphatic carbocycles. The maximum atomic E-state index is 11.3. The number of aliphatic carboxylic acids is 1. The van der Waals surface area contributed by atoms with Crippen LogP contribution in [-0.2, 0) is 9.59 Å². The zero-order valence-electron chi connectivity index (χ0n) is 7.99. The Morgan fingerprint density at radius 1 is 1.50 bits per heavy atom. The highest BCUT2D eigenvalue weighted by molar-refractivity contribution is 5.92. The molecule has 8 nitrogen and oxygen atoms in total. The summed E-state index contributed by atoms with van der Waals surface area (Å²) in [6.45, 7) is 0. The summed E-state index contributed by atoms with van der Waals surface area (Å²) < 4.78 is 0. The number of nitro groups is 1. The number of hydrogen-bond acceptors (Lipinski definition) is 5. The number of allylic oxidation sites excluding steroid dienone is 2. The van der Waals surface area contributed by atoms with Crippen molar-refractivity contribution in [3.63, 3.8) is 0 Å². The second kappa shape index (κ2) is 4.11.